The van der Waals surface area contributed by atoms with Crippen LogP contribution in [-0.4, -0.2) is 47.3 Å². The van der Waals surface area contributed by atoms with Crippen molar-refractivity contribution >= 4 is 23.5 Å². The van der Waals surface area contributed by atoms with Crippen LogP contribution in [0.15, 0.2) is 52.4 Å². The highest BCUT2D eigenvalue weighted by Crippen LogP contribution is 2.29. The van der Waals surface area contributed by atoms with E-state index in [1.165, 1.54) is 32.9 Å². The molecule has 4 heterocycles. The Morgan fingerprint density at radius 3 is 2.48 bits per heavy atom. The quantitative estimate of drug-likeness (QED) is 0.806. The predicted molar refractivity (Wildman–Crippen MR) is 105 cm³/mol. The average molecular weight is 382 g/mol. The Labute approximate surface area is 163 Å². The molecule has 1 aromatic carbocycles. The van der Waals surface area contributed by atoms with E-state index in [0.717, 1.165) is 16.3 Å². The Morgan fingerprint density at radius 1 is 1.11 bits per heavy atom. The minimum atomic E-state index is -0.0442. The predicted octanol–water partition coefficient (Wildman–Crippen LogP) is 3.26. The standard InChI is InChI=1S/C21H23N3O2S/c1-14(25)19-12-18(6-9-22-19)27-17-4-2-16(3-5-17)21(26)23-20-13-24-10-7-15(20)8-11-24/h2-6,9,12,15,20H,7-8,10-11,13H2,1H3,(H,23,26)/t20-/m0/s1. The van der Waals surface area contributed by atoms with Crippen LogP contribution >= 0.6 is 11.8 Å². The first-order valence-electron chi connectivity index (χ1n) is 9.36. The highest BCUT2D eigenvalue weighted by Gasteiger charge is 2.34. The third-order valence-corrected chi connectivity index (χ3v) is 6.41. The molecule has 27 heavy (non-hydrogen) atoms. The van der Waals surface area contributed by atoms with Gasteiger partial charge in [-0.25, -0.2) is 0 Å². The van der Waals surface area contributed by atoms with Crippen molar-refractivity contribution in [3.63, 3.8) is 0 Å². The van der Waals surface area contributed by atoms with Crippen molar-refractivity contribution < 1.29 is 9.59 Å². The highest BCUT2D eigenvalue weighted by molar-refractivity contribution is 7.99. The topological polar surface area (TPSA) is 62.3 Å². The molecular weight excluding hydrogens is 358 g/mol. The summed E-state index contributed by atoms with van der Waals surface area (Å²) in [5.74, 6) is 0.584. The Bertz CT molecular complexity index is 845. The lowest BCUT2D eigenvalue weighted by molar-refractivity contribution is 0.0620. The van der Waals surface area contributed by atoms with Crippen LogP contribution in [0.3, 0.4) is 0 Å². The summed E-state index contributed by atoms with van der Waals surface area (Å²) in [7, 11) is 0. The van der Waals surface area contributed by atoms with E-state index in [0.29, 0.717) is 17.2 Å². The number of nitrogens with one attached hydrogen (secondary N) is 1. The Hall–Kier alpha value is -2.18. The van der Waals surface area contributed by atoms with E-state index in [2.05, 4.69) is 15.2 Å². The van der Waals surface area contributed by atoms with Crippen molar-refractivity contribution in [1.82, 2.24) is 15.2 Å². The summed E-state index contributed by atoms with van der Waals surface area (Å²) in [6.07, 6.45) is 4.03. The molecule has 1 amide bonds. The van der Waals surface area contributed by atoms with E-state index in [1.54, 1.807) is 24.0 Å². The maximum atomic E-state index is 12.6. The fourth-order valence-electron chi connectivity index (χ4n) is 3.86. The largest absolute Gasteiger partial charge is 0.348 e. The fraction of sp³-hybridized carbons (Fsp3) is 0.381. The second-order valence-corrected chi connectivity index (χ2v) is 8.42. The number of amides is 1. The molecule has 0 unspecified atom stereocenters. The van der Waals surface area contributed by atoms with E-state index < -0.39 is 0 Å². The molecular formula is C21H23N3O2S. The first-order chi connectivity index (χ1) is 13.1. The molecule has 2 aromatic rings. The first kappa shape index (κ1) is 18.2. The number of pyridine rings is 1. The van der Waals surface area contributed by atoms with Gasteiger partial charge in [0.2, 0.25) is 0 Å². The normalized spacial score (nSPS) is 23.8. The van der Waals surface area contributed by atoms with E-state index in [4.69, 9.17) is 0 Å². The van der Waals surface area contributed by atoms with Gasteiger partial charge in [0.15, 0.2) is 5.78 Å². The van der Waals surface area contributed by atoms with Gasteiger partial charge >= 0.3 is 0 Å². The minimum Gasteiger partial charge on any atom is -0.348 e. The molecule has 3 saturated heterocycles. The van der Waals surface area contributed by atoms with Gasteiger partial charge in [0, 0.05) is 41.1 Å². The zero-order chi connectivity index (χ0) is 18.8. The summed E-state index contributed by atoms with van der Waals surface area (Å²) in [6.45, 7) is 4.83. The zero-order valence-corrected chi connectivity index (χ0v) is 16.2. The molecule has 5 nitrogen and oxygen atoms in total. The minimum absolute atomic E-state index is 0.00748. The van der Waals surface area contributed by atoms with Crippen LogP contribution < -0.4 is 5.32 Å². The van der Waals surface area contributed by atoms with Gasteiger partial charge in [0.25, 0.3) is 5.91 Å². The molecule has 1 atom stereocenters. The van der Waals surface area contributed by atoms with E-state index in [9.17, 15) is 9.59 Å². The zero-order valence-electron chi connectivity index (χ0n) is 15.4. The van der Waals surface area contributed by atoms with Crippen LogP contribution in [0.2, 0.25) is 0 Å². The van der Waals surface area contributed by atoms with Gasteiger partial charge in [-0.1, -0.05) is 11.8 Å². The maximum absolute atomic E-state index is 12.6. The van der Waals surface area contributed by atoms with Crippen molar-refractivity contribution in [3.05, 3.63) is 53.9 Å². The van der Waals surface area contributed by atoms with Crippen molar-refractivity contribution in [2.24, 2.45) is 5.92 Å². The maximum Gasteiger partial charge on any atom is 0.251 e. The average Bonchev–Trinajstić information content (AvgIpc) is 2.69. The number of fused-ring (bicyclic) bond motifs is 3. The number of ketones is 1. The summed E-state index contributed by atoms with van der Waals surface area (Å²) in [6, 6.07) is 11.6. The number of rotatable bonds is 5. The van der Waals surface area contributed by atoms with Crippen LogP contribution in [0, 0.1) is 5.92 Å². The molecule has 5 rings (SSSR count). The SMILES string of the molecule is CC(=O)c1cc(Sc2ccc(C(=O)N[C@H]3CN4CCC3CC4)cc2)ccn1. The summed E-state index contributed by atoms with van der Waals surface area (Å²) in [5, 5.41) is 3.22. The van der Waals surface area contributed by atoms with Gasteiger partial charge in [-0.05, 0) is 68.2 Å². The van der Waals surface area contributed by atoms with Crippen LogP contribution in [0.25, 0.3) is 0 Å². The molecule has 3 aliphatic rings. The molecule has 0 spiro atoms. The van der Waals surface area contributed by atoms with E-state index in [-0.39, 0.29) is 17.7 Å². The van der Waals surface area contributed by atoms with Crippen molar-refractivity contribution in [2.75, 3.05) is 19.6 Å². The number of piperidine rings is 3. The molecule has 0 aliphatic carbocycles. The van der Waals surface area contributed by atoms with Gasteiger partial charge in [-0.3, -0.25) is 14.6 Å². The first-order valence-corrected chi connectivity index (χ1v) is 10.2. The summed E-state index contributed by atoms with van der Waals surface area (Å²) in [4.78, 5) is 32.5. The molecule has 0 radical (unpaired) electrons. The monoisotopic (exact) mass is 381 g/mol. The lowest BCUT2D eigenvalue weighted by Gasteiger charge is -2.44. The lowest BCUT2D eigenvalue weighted by Crippen LogP contribution is -2.57. The van der Waals surface area contributed by atoms with Gasteiger partial charge in [0.05, 0.1) is 0 Å². The van der Waals surface area contributed by atoms with Gasteiger partial charge in [0.1, 0.15) is 5.69 Å². The Kier molecular flexibility index (Phi) is 5.27. The molecule has 1 aromatic heterocycles. The van der Waals surface area contributed by atoms with E-state index in [1.807, 2.05) is 30.3 Å². The van der Waals surface area contributed by atoms with Crippen molar-refractivity contribution in [3.8, 4) is 0 Å². The van der Waals surface area contributed by atoms with Gasteiger partial charge in [-0.15, -0.1) is 0 Å². The number of hydrogen-bond acceptors (Lipinski definition) is 5. The molecule has 140 valence electrons. The number of carbonyl (C=O) groups is 2. The second-order valence-electron chi connectivity index (χ2n) is 7.28. The van der Waals surface area contributed by atoms with Gasteiger partial charge in [-0.2, -0.15) is 0 Å². The Balaban J connectivity index is 1.39. The lowest BCUT2D eigenvalue weighted by atomic mass is 9.84. The molecule has 1 N–H and O–H groups in total. The van der Waals surface area contributed by atoms with Crippen molar-refractivity contribution in [2.45, 2.75) is 35.6 Å². The number of benzene rings is 1. The van der Waals surface area contributed by atoms with Crippen LogP contribution in [0.5, 0.6) is 0 Å². The summed E-state index contributed by atoms with van der Waals surface area (Å²) < 4.78 is 0. The Morgan fingerprint density at radius 2 is 1.85 bits per heavy atom. The van der Waals surface area contributed by atoms with Crippen molar-refractivity contribution in [1.29, 1.82) is 0 Å². The smallest absolute Gasteiger partial charge is 0.251 e. The molecule has 3 aliphatic heterocycles. The highest BCUT2D eigenvalue weighted by atomic mass is 32.2. The number of aromatic nitrogens is 1. The van der Waals surface area contributed by atoms with Crippen LogP contribution in [-0.2, 0) is 0 Å². The number of Topliss-reactive ketones (excluding diaryl/α,β-unsaturated/α-hetero) is 1. The fourth-order valence-corrected chi connectivity index (χ4v) is 4.70. The third kappa shape index (κ3) is 4.22. The third-order valence-electron chi connectivity index (χ3n) is 5.42. The summed E-state index contributed by atoms with van der Waals surface area (Å²) in [5.41, 5.74) is 1.16. The second kappa shape index (κ2) is 7.82. The van der Waals surface area contributed by atoms with Crippen LogP contribution in [0.1, 0.15) is 40.6 Å². The number of hydrogen-bond donors (Lipinski definition) is 1. The number of nitrogens with zero attached hydrogens (tertiary/aromatic N) is 2. The number of carbonyl (C=O) groups excluding carboxylic acids is 2. The van der Waals surface area contributed by atoms with Gasteiger partial charge < -0.3 is 10.2 Å². The van der Waals surface area contributed by atoms with Crippen LogP contribution in [0.4, 0.5) is 0 Å². The summed E-state index contributed by atoms with van der Waals surface area (Å²) >= 11 is 1.55. The molecule has 6 heteroatoms. The van der Waals surface area contributed by atoms with E-state index >= 15 is 0 Å². The molecule has 0 saturated carbocycles. The molecule has 3 fully saturated rings. The molecule has 2 bridgehead atoms.